The first kappa shape index (κ1) is 18.4. The Kier molecular flexibility index (Phi) is 5.00. The average molecular weight is 401 g/mol. The van der Waals surface area contributed by atoms with Crippen molar-refractivity contribution in [1.29, 1.82) is 0 Å². The minimum absolute atomic E-state index is 0.0373. The molecule has 1 aromatic carbocycles. The first-order chi connectivity index (χ1) is 13.5. The largest absolute Gasteiger partial charge is 0.487 e. The molecule has 1 N–H and O–H groups in total. The van der Waals surface area contributed by atoms with Gasteiger partial charge in [0.05, 0.1) is 17.9 Å². The molecular formula is C20H18ClFN4O2. The predicted molar refractivity (Wildman–Crippen MR) is 107 cm³/mol. The third-order valence-corrected chi connectivity index (χ3v) is 5.03. The summed E-state index contributed by atoms with van der Waals surface area (Å²) in [5.74, 6) is 0.279. The molecule has 1 aromatic heterocycles. The van der Waals surface area contributed by atoms with Crippen LogP contribution in [0.4, 0.5) is 20.6 Å². The van der Waals surface area contributed by atoms with Gasteiger partial charge in [0.1, 0.15) is 29.0 Å². The maximum atomic E-state index is 13.8. The number of aromatic nitrogens is 1. The highest BCUT2D eigenvalue weighted by Crippen LogP contribution is 2.34. The first-order valence-electron chi connectivity index (χ1n) is 8.88. The van der Waals surface area contributed by atoms with Crippen LogP contribution in [0.3, 0.4) is 0 Å². The number of fused-ring (bicyclic) bond motifs is 1. The van der Waals surface area contributed by atoms with E-state index >= 15 is 0 Å². The molecule has 6 nitrogen and oxygen atoms in total. The van der Waals surface area contributed by atoms with E-state index < -0.39 is 0 Å². The number of pyridine rings is 1. The molecule has 0 saturated heterocycles. The molecule has 8 heteroatoms. The molecule has 2 amide bonds. The van der Waals surface area contributed by atoms with E-state index in [0.717, 1.165) is 11.1 Å². The third kappa shape index (κ3) is 3.57. The number of amides is 2. The Bertz CT molecular complexity index is 1010. The standard InChI is InChI=1S/C20H18ClFN4O2/c1-12-4-5-13(28-11-17-15(22)3-2-7-23-17)9-18(12)26-10-14-16(25-20(26)27)6-8-24-19(14)21/h4-9H,2-3,10-11H2,1H3,(H,25,27). The fourth-order valence-corrected chi connectivity index (χ4v) is 3.38. The fraction of sp³-hybridized carbons (Fsp3) is 0.250. The van der Waals surface area contributed by atoms with Crippen LogP contribution in [0, 0.1) is 6.92 Å². The molecule has 0 spiro atoms. The van der Waals surface area contributed by atoms with Crippen LogP contribution in [0.25, 0.3) is 0 Å². The molecule has 0 saturated carbocycles. The number of anilines is 2. The summed E-state index contributed by atoms with van der Waals surface area (Å²) in [7, 11) is 0. The molecule has 2 aliphatic heterocycles. The van der Waals surface area contributed by atoms with Crippen molar-refractivity contribution in [2.45, 2.75) is 26.3 Å². The molecule has 0 unspecified atom stereocenters. The Morgan fingerprint density at radius 2 is 2.21 bits per heavy atom. The molecule has 0 atom stereocenters. The zero-order valence-corrected chi connectivity index (χ0v) is 16.0. The van der Waals surface area contributed by atoms with Crippen LogP contribution in [-0.2, 0) is 6.54 Å². The molecule has 0 aliphatic carbocycles. The number of carbonyl (C=O) groups is 1. The second kappa shape index (κ2) is 7.59. The lowest BCUT2D eigenvalue weighted by atomic mass is 10.1. The van der Waals surface area contributed by atoms with Crippen molar-refractivity contribution in [3.8, 4) is 5.75 Å². The Balaban J connectivity index is 1.58. The van der Waals surface area contributed by atoms with E-state index in [1.165, 1.54) is 0 Å². The summed E-state index contributed by atoms with van der Waals surface area (Å²) in [6.45, 7) is 2.23. The van der Waals surface area contributed by atoms with Gasteiger partial charge in [-0.05, 0) is 31.0 Å². The lowest BCUT2D eigenvalue weighted by Crippen LogP contribution is -2.39. The number of carbonyl (C=O) groups excluding carboxylic acids is 1. The number of benzene rings is 1. The normalized spacial score (nSPS) is 16.1. The van der Waals surface area contributed by atoms with Gasteiger partial charge in [-0.25, -0.2) is 14.2 Å². The number of ether oxygens (including phenoxy) is 1. The zero-order chi connectivity index (χ0) is 19.7. The topological polar surface area (TPSA) is 66.8 Å². The van der Waals surface area contributed by atoms with Crippen LogP contribution in [0.15, 0.2) is 47.0 Å². The molecule has 2 aliphatic rings. The van der Waals surface area contributed by atoms with Crippen molar-refractivity contribution < 1.29 is 13.9 Å². The van der Waals surface area contributed by atoms with Crippen molar-refractivity contribution in [3.05, 3.63) is 58.3 Å². The maximum Gasteiger partial charge on any atom is 0.326 e. The van der Waals surface area contributed by atoms with E-state index in [1.807, 2.05) is 13.0 Å². The third-order valence-electron chi connectivity index (χ3n) is 4.71. The van der Waals surface area contributed by atoms with Crippen LogP contribution >= 0.6 is 11.6 Å². The molecule has 28 heavy (non-hydrogen) atoms. The lowest BCUT2D eigenvalue weighted by Gasteiger charge is -2.30. The number of urea groups is 1. The van der Waals surface area contributed by atoms with Crippen LogP contribution < -0.4 is 15.0 Å². The summed E-state index contributed by atoms with van der Waals surface area (Å²) in [6.07, 6.45) is 4.20. The average Bonchev–Trinajstić information content (AvgIpc) is 2.68. The maximum absolute atomic E-state index is 13.8. The number of hydrogen-bond acceptors (Lipinski definition) is 4. The summed E-state index contributed by atoms with van der Waals surface area (Å²) >= 11 is 6.20. The van der Waals surface area contributed by atoms with Gasteiger partial charge in [0.25, 0.3) is 0 Å². The quantitative estimate of drug-likeness (QED) is 0.733. The van der Waals surface area contributed by atoms with Gasteiger partial charge in [0.15, 0.2) is 0 Å². The number of nitrogens with zero attached hydrogens (tertiary/aromatic N) is 3. The van der Waals surface area contributed by atoms with E-state index in [1.54, 1.807) is 35.5 Å². The summed E-state index contributed by atoms with van der Waals surface area (Å²) in [5, 5.41) is 3.18. The Morgan fingerprint density at radius 3 is 3.04 bits per heavy atom. The van der Waals surface area contributed by atoms with Crippen LogP contribution in [0.1, 0.15) is 24.0 Å². The van der Waals surface area contributed by atoms with Crippen molar-refractivity contribution in [2.24, 2.45) is 4.99 Å². The molecule has 0 radical (unpaired) electrons. The van der Waals surface area contributed by atoms with Crippen molar-refractivity contribution in [2.75, 3.05) is 16.8 Å². The monoisotopic (exact) mass is 400 g/mol. The van der Waals surface area contributed by atoms with E-state index in [4.69, 9.17) is 16.3 Å². The minimum Gasteiger partial charge on any atom is -0.487 e. The number of hydrogen-bond donors (Lipinski definition) is 1. The van der Waals surface area contributed by atoms with Gasteiger partial charge >= 0.3 is 6.03 Å². The molecule has 2 aromatic rings. The van der Waals surface area contributed by atoms with Crippen LogP contribution in [0.5, 0.6) is 5.75 Å². The summed E-state index contributed by atoms with van der Waals surface area (Å²) in [6, 6.07) is 6.85. The number of rotatable bonds is 4. The second-order valence-electron chi connectivity index (χ2n) is 6.58. The Morgan fingerprint density at radius 1 is 1.36 bits per heavy atom. The van der Waals surface area contributed by atoms with E-state index in [9.17, 15) is 9.18 Å². The van der Waals surface area contributed by atoms with Crippen molar-refractivity contribution in [3.63, 3.8) is 0 Å². The molecule has 4 rings (SSSR count). The predicted octanol–water partition coefficient (Wildman–Crippen LogP) is 5.02. The van der Waals surface area contributed by atoms with Crippen molar-refractivity contribution in [1.82, 2.24) is 4.98 Å². The van der Waals surface area contributed by atoms with Crippen molar-refractivity contribution >= 4 is 35.2 Å². The number of halogens is 2. The molecule has 3 heterocycles. The van der Waals surface area contributed by atoms with Gasteiger partial charge in [0, 0.05) is 30.5 Å². The van der Waals surface area contributed by atoms with Gasteiger partial charge in [0.2, 0.25) is 0 Å². The van der Waals surface area contributed by atoms with Gasteiger partial charge in [-0.2, -0.15) is 0 Å². The van der Waals surface area contributed by atoms with Gasteiger partial charge < -0.3 is 10.1 Å². The smallest absolute Gasteiger partial charge is 0.326 e. The van der Waals surface area contributed by atoms with Gasteiger partial charge in [-0.1, -0.05) is 17.7 Å². The highest BCUT2D eigenvalue weighted by atomic mass is 35.5. The number of nitrogens with one attached hydrogen (secondary N) is 1. The fourth-order valence-electron chi connectivity index (χ4n) is 3.16. The molecule has 0 fully saturated rings. The van der Waals surface area contributed by atoms with Gasteiger partial charge in [-0.15, -0.1) is 0 Å². The number of aryl methyl sites for hydroxylation is 1. The Labute approximate surface area is 166 Å². The Hall–Kier alpha value is -2.93. The van der Waals surface area contributed by atoms with Gasteiger partial charge in [-0.3, -0.25) is 9.89 Å². The van der Waals surface area contributed by atoms with E-state index in [2.05, 4.69) is 15.3 Å². The van der Waals surface area contributed by atoms with E-state index in [0.29, 0.717) is 47.4 Å². The molecular weight excluding hydrogens is 383 g/mol. The van der Waals surface area contributed by atoms with Crippen LogP contribution in [-0.4, -0.2) is 23.8 Å². The summed E-state index contributed by atoms with van der Waals surface area (Å²) in [4.78, 5) is 22.3. The number of aliphatic imine (C=N–C) groups is 1. The first-order valence-corrected chi connectivity index (χ1v) is 9.26. The minimum atomic E-state index is -0.263. The summed E-state index contributed by atoms with van der Waals surface area (Å²) < 4.78 is 19.5. The number of allylic oxidation sites excluding steroid dienone is 1. The highest BCUT2D eigenvalue weighted by Gasteiger charge is 2.27. The SMILES string of the molecule is Cc1ccc(OCC2=C(F)CCC=N2)cc1N1Cc2c(ccnc2Cl)NC1=O. The molecule has 144 valence electrons. The van der Waals surface area contributed by atoms with E-state index in [-0.39, 0.29) is 18.5 Å². The summed E-state index contributed by atoms with van der Waals surface area (Å²) in [5.41, 5.74) is 3.28. The lowest BCUT2D eigenvalue weighted by molar-refractivity contribution is 0.256. The van der Waals surface area contributed by atoms with Crippen LogP contribution in [0.2, 0.25) is 5.15 Å². The molecule has 0 bridgehead atoms. The zero-order valence-electron chi connectivity index (χ0n) is 15.2. The highest BCUT2D eigenvalue weighted by molar-refractivity contribution is 6.31. The second-order valence-corrected chi connectivity index (χ2v) is 6.94.